The van der Waals surface area contributed by atoms with Crippen LogP contribution in [0.3, 0.4) is 0 Å². The molecule has 0 saturated heterocycles. The minimum absolute atomic E-state index is 0.0140. The van der Waals surface area contributed by atoms with E-state index in [4.69, 9.17) is 4.42 Å². The lowest BCUT2D eigenvalue weighted by molar-refractivity contribution is 0.0946. The number of thiophene rings is 1. The Morgan fingerprint density at radius 1 is 1.26 bits per heavy atom. The third kappa shape index (κ3) is 3.71. The van der Waals surface area contributed by atoms with Crippen LogP contribution in [0.1, 0.15) is 34.7 Å². The normalized spacial score (nSPS) is 12.6. The summed E-state index contributed by atoms with van der Waals surface area (Å²) in [6, 6.07) is 17.8. The Kier molecular flexibility index (Phi) is 4.89. The summed E-state index contributed by atoms with van der Waals surface area (Å²) in [6.45, 7) is 2.60. The molecule has 0 aliphatic rings. The van der Waals surface area contributed by atoms with Gasteiger partial charge in [0.1, 0.15) is 11.5 Å². The van der Waals surface area contributed by atoms with Gasteiger partial charge < -0.3 is 8.98 Å². The number of carbonyl (C=O) groups is 1. The van der Waals surface area contributed by atoms with Crippen molar-refractivity contribution in [2.75, 3.05) is 0 Å². The smallest absolute Gasteiger partial charge is 0.288 e. The fourth-order valence-corrected chi connectivity index (χ4v) is 3.81. The number of amides is 1. The van der Waals surface area contributed by atoms with Gasteiger partial charge in [-0.05, 0) is 35.2 Å². The number of benzene rings is 1. The van der Waals surface area contributed by atoms with Crippen molar-refractivity contribution in [3.05, 3.63) is 83.3 Å². The first kappa shape index (κ1) is 17.3. The van der Waals surface area contributed by atoms with Gasteiger partial charge in [-0.1, -0.05) is 37.3 Å². The van der Waals surface area contributed by atoms with E-state index in [9.17, 15) is 4.79 Å². The molecular weight excluding hydrogens is 358 g/mol. The van der Waals surface area contributed by atoms with Gasteiger partial charge in [0.25, 0.3) is 5.91 Å². The molecule has 1 atom stereocenters. The number of hydrogen-bond acceptors (Lipinski definition) is 4. The van der Waals surface area contributed by atoms with E-state index in [0.717, 1.165) is 21.5 Å². The maximum atomic E-state index is 12.7. The molecule has 136 valence electrons. The van der Waals surface area contributed by atoms with Crippen LogP contribution in [0.15, 0.2) is 75.8 Å². The number of aromatic nitrogens is 1. The summed E-state index contributed by atoms with van der Waals surface area (Å²) < 4.78 is 8.46. The zero-order chi connectivity index (χ0) is 18.6. The summed E-state index contributed by atoms with van der Waals surface area (Å²) in [7, 11) is 0. The van der Waals surface area contributed by atoms with Crippen LogP contribution >= 0.6 is 11.3 Å². The molecule has 0 spiro atoms. The highest BCUT2D eigenvalue weighted by Gasteiger charge is 2.16. The van der Waals surface area contributed by atoms with E-state index in [2.05, 4.69) is 22.7 Å². The minimum Gasteiger partial charge on any atom is -0.469 e. The number of nitrogens with one attached hydrogen (secondary N) is 1. The number of hydrogen-bond donors (Lipinski definition) is 1. The monoisotopic (exact) mass is 377 g/mol. The third-order valence-electron chi connectivity index (χ3n) is 4.40. The van der Waals surface area contributed by atoms with Gasteiger partial charge in [-0.25, -0.2) is 5.43 Å². The van der Waals surface area contributed by atoms with Crippen LogP contribution in [-0.4, -0.2) is 16.7 Å². The third-order valence-corrected chi connectivity index (χ3v) is 5.25. The fourth-order valence-electron chi connectivity index (χ4n) is 2.99. The number of nitrogens with zero attached hydrogens (tertiary/aromatic N) is 2. The van der Waals surface area contributed by atoms with Crippen molar-refractivity contribution in [3.8, 4) is 0 Å². The van der Waals surface area contributed by atoms with Gasteiger partial charge in [-0.15, -0.1) is 11.3 Å². The average Bonchev–Trinajstić information content (AvgIpc) is 3.41. The second kappa shape index (κ2) is 7.63. The molecular formula is C21H19N3O2S. The highest BCUT2D eigenvalue weighted by molar-refractivity contribution is 7.17. The minimum atomic E-state index is -0.225. The molecule has 0 aliphatic heterocycles. The SMILES string of the molecule is CC(/C=N/NC(=O)c1cc2sccc2n1Cc1ccccc1)c1ccco1. The lowest BCUT2D eigenvalue weighted by Crippen LogP contribution is -2.22. The molecule has 1 aromatic carbocycles. The molecule has 3 aromatic heterocycles. The molecule has 4 aromatic rings. The highest BCUT2D eigenvalue weighted by atomic mass is 32.1. The first-order chi connectivity index (χ1) is 13.2. The Labute approximate surface area is 160 Å². The van der Waals surface area contributed by atoms with Crippen molar-refractivity contribution in [2.45, 2.75) is 19.4 Å². The number of rotatable bonds is 6. The first-order valence-corrected chi connectivity index (χ1v) is 9.58. The van der Waals surface area contributed by atoms with Crippen molar-refractivity contribution in [1.82, 2.24) is 9.99 Å². The lowest BCUT2D eigenvalue weighted by Gasteiger charge is -2.09. The molecule has 1 unspecified atom stereocenters. The van der Waals surface area contributed by atoms with E-state index in [1.54, 1.807) is 23.8 Å². The molecule has 0 fully saturated rings. The van der Waals surface area contributed by atoms with Gasteiger partial charge in [-0.3, -0.25) is 4.79 Å². The maximum absolute atomic E-state index is 12.7. The summed E-state index contributed by atoms with van der Waals surface area (Å²) in [5.41, 5.74) is 5.44. The van der Waals surface area contributed by atoms with Gasteiger partial charge in [0.2, 0.25) is 0 Å². The van der Waals surface area contributed by atoms with E-state index >= 15 is 0 Å². The molecule has 1 N–H and O–H groups in total. The predicted octanol–water partition coefficient (Wildman–Crippen LogP) is 4.86. The van der Waals surface area contributed by atoms with Crippen LogP contribution in [0.4, 0.5) is 0 Å². The van der Waals surface area contributed by atoms with Gasteiger partial charge in [-0.2, -0.15) is 5.10 Å². The molecule has 0 bridgehead atoms. The van der Waals surface area contributed by atoms with Gasteiger partial charge in [0.15, 0.2) is 0 Å². The molecule has 0 aliphatic carbocycles. The van der Waals surface area contributed by atoms with Crippen LogP contribution in [0.2, 0.25) is 0 Å². The molecule has 5 nitrogen and oxygen atoms in total. The van der Waals surface area contributed by atoms with Gasteiger partial charge in [0, 0.05) is 12.8 Å². The molecule has 0 saturated carbocycles. The molecule has 6 heteroatoms. The Bertz CT molecular complexity index is 1060. The highest BCUT2D eigenvalue weighted by Crippen LogP contribution is 2.26. The summed E-state index contributed by atoms with van der Waals surface area (Å²) >= 11 is 1.63. The second-order valence-corrected chi connectivity index (χ2v) is 7.24. The van der Waals surface area contributed by atoms with E-state index in [-0.39, 0.29) is 11.8 Å². The fraction of sp³-hybridized carbons (Fsp3) is 0.143. The largest absolute Gasteiger partial charge is 0.469 e. The Morgan fingerprint density at radius 3 is 2.89 bits per heavy atom. The van der Waals surface area contributed by atoms with Crippen molar-refractivity contribution < 1.29 is 9.21 Å². The number of carbonyl (C=O) groups excluding carboxylic acids is 1. The lowest BCUT2D eigenvalue weighted by atomic mass is 10.1. The summed E-state index contributed by atoms with van der Waals surface area (Å²) in [5.74, 6) is 0.568. The van der Waals surface area contributed by atoms with E-state index in [1.807, 2.05) is 59.3 Å². The Balaban J connectivity index is 1.54. The van der Waals surface area contributed by atoms with Crippen LogP contribution < -0.4 is 5.43 Å². The van der Waals surface area contributed by atoms with Gasteiger partial charge in [0.05, 0.1) is 22.4 Å². The standard InChI is InChI=1S/C21H19N3O2S/c1-15(19-8-5-10-26-19)13-22-23-21(25)18-12-20-17(9-11-27-20)24(18)14-16-6-3-2-4-7-16/h2-13,15H,14H2,1H3,(H,23,25)/b22-13+. The van der Waals surface area contributed by atoms with Crippen LogP contribution in [0, 0.1) is 0 Å². The summed E-state index contributed by atoms with van der Waals surface area (Å²) in [5, 5.41) is 6.15. The maximum Gasteiger partial charge on any atom is 0.288 e. The zero-order valence-corrected chi connectivity index (χ0v) is 15.6. The van der Waals surface area contributed by atoms with Crippen LogP contribution in [-0.2, 0) is 6.54 Å². The quantitative estimate of drug-likeness (QED) is 0.385. The molecule has 1 amide bonds. The van der Waals surface area contributed by atoms with Crippen molar-refractivity contribution >= 4 is 33.7 Å². The van der Waals surface area contributed by atoms with Crippen LogP contribution in [0.5, 0.6) is 0 Å². The summed E-state index contributed by atoms with van der Waals surface area (Å²) in [4.78, 5) is 12.7. The average molecular weight is 377 g/mol. The molecule has 0 radical (unpaired) electrons. The Hall–Kier alpha value is -3.12. The number of furan rings is 1. The summed E-state index contributed by atoms with van der Waals surface area (Å²) in [6.07, 6.45) is 3.30. The molecule has 27 heavy (non-hydrogen) atoms. The first-order valence-electron chi connectivity index (χ1n) is 8.70. The van der Waals surface area contributed by atoms with E-state index in [0.29, 0.717) is 12.2 Å². The van der Waals surface area contributed by atoms with Crippen LogP contribution in [0.25, 0.3) is 10.2 Å². The molecule has 3 heterocycles. The van der Waals surface area contributed by atoms with Crippen molar-refractivity contribution in [1.29, 1.82) is 0 Å². The van der Waals surface area contributed by atoms with E-state index in [1.165, 1.54) is 0 Å². The number of fused-ring (bicyclic) bond motifs is 1. The van der Waals surface area contributed by atoms with Gasteiger partial charge >= 0.3 is 0 Å². The van der Waals surface area contributed by atoms with Crippen molar-refractivity contribution in [2.24, 2.45) is 5.10 Å². The molecule has 4 rings (SSSR count). The predicted molar refractivity (Wildman–Crippen MR) is 108 cm³/mol. The zero-order valence-electron chi connectivity index (χ0n) is 14.8. The number of hydrazone groups is 1. The topological polar surface area (TPSA) is 59.5 Å². The second-order valence-electron chi connectivity index (χ2n) is 6.29. The van der Waals surface area contributed by atoms with Crippen molar-refractivity contribution in [3.63, 3.8) is 0 Å². The Morgan fingerprint density at radius 2 is 2.11 bits per heavy atom. The van der Waals surface area contributed by atoms with E-state index < -0.39 is 0 Å².